The molecule has 0 amide bonds. The Kier molecular flexibility index (Phi) is 4.59. The van der Waals surface area contributed by atoms with Gasteiger partial charge in [-0.05, 0) is 40.0 Å². The van der Waals surface area contributed by atoms with Gasteiger partial charge in [-0.1, -0.05) is 45.7 Å². The summed E-state index contributed by atoms with van der Waals surface area (Å²) >= 11 is 21.1. The molecule has 2 aromatic rings. The van der Waals surface area contributed by atoms with Crippen molar-refractivity contribution in [3.8, 4) is 0 Å². The van der Waals surface area contributed by atoms with Crippen molar-refractivity contribution in [1.29, 1.82) is 0 Å². The van der Waals surface area contributed by atoms with Crippen molar-refractivity contribution in [1.82, 2.24) is 0 Å². The molecule has 90 valence electrons. The molecule has 0 radical (unpaired) electrons. The Hall–Kier alpha value is 0.460. The molecule has 0 fully saturated rings. The van der Waals surface area contributed by atoms with Gasteiger partial charge in [0.1, 0.15) is 0 Å². The smallest absolute Gasteiger partial charge is 0.0939 e. The molecule has 0 spiro atoms. The van der Waals surface area contributed by atoms with Crippen LogP contribution in [-0.2, 0) is 0 Å². The van der Waals surface area contributed by atoms with Gasteiger partial charge in [-0.15, -0.1) is 22.9 Å². The van der Waals surface area contributed by atoms with E-state index in [0.29, 0.717) is 5.02 Å². The fourth-order valence-electron chi connectivity index (χ4n) is 1.51. The lowest BCUT2D eigenvalue weighted by atomic mass is 10.1. The molecule has 0 aliphatic rings. The summed E-state index contributed by atoms with van der Waals surface area (Å²) in [6, 6.07) is 7.99. The van der Waals surface area contributed by atoms with Crippen molar-refractivity contribution >= 4 is 66.4 Å². The lowest BCUT2D eigenvalue weighted by molar-refractivity contribution is 1.15. The molecule has 17 heavy (non-hydrogen) atoms. The molecule has 0 saturated heterocycles. The van der Waals surface area contributed by atoms with Crippen LogP contribution in [0.2, 0.25) is 5.02 Å². The van der Waals surface area contributed by atoms with Crippen LogP contribution in [0.4, 0.5) is 0 Å². The molecule has 0 aliphatic carbocycles. The van der Waals surface area contributed by atoms with Crippen molar-refractivity contribution in [2.75, 3.05) is 0 Å². The van der Waals surface area contributed by atoms with Gasteiger partial charge in [-0.25, -0.2) is 0 Å². The van der Waals surface area contributed by atoms with Gasteiger partial charge < -0.3 is 0 Å². The highest BCUT2D eigenvalue weighted by atomic mass is 79.9. The highest BCUT2D eigenvalue weighted by Gasteiger charge is 2.18. The molecule has 0 bridgehead atoms. The Balaban J connectivity index is 2.43. The van der Waals surface area contributed by atoms with Gasteiger partial charge >= 0.3 is 0 Å². The van der Waals surface area contributed by atoms with E-state index >= 15 is 0 Å². The zero-order chi connectivity index (χ0) is 12.6. The number of hydrogen-bond acceptors (Lipinski definition) is 1. The number of hydrogen-bond donors (Lipinski definition) is 0. The van der Waals surface area contributed by atoms with Crippen LogP contribution in [0.1, 0.15) is 21.4 Å². The van der Waals surface area contributed by atoms with Crippen molar-refractivity contribution < 1.29 is 0 Å². The minimum Gasteiger partial charge on any atom is -0.130 e. The summed E-state index contributed by atoms with van der Waals surface area (Å²) < 4.78 is 1.98. The third-order valence-electron chi connectivity index (χ3n) is 2.41. The van der Waals surface area contributed by atoms with Crippen LogP contribution in [0.15, 0.2) is 32.5 Å². The first-order valence-electron chi connectivity index (χ1n) is 4.84. The molecule has 2 rings (SSSR count). The fraction of sp³-hybridized carbons (Fsp3) is 0.167. The van der Waals surface area contributed by atoms with Crippen molar-refractivity contribution in [2.24, 2.45) is 0 Å². The van der Waals surface area contributed by atoms with E-state index in [4.69, 9.17) is 23.2 Å². The first-order valence-corrected chi connectivity index (χ1v) is 8.06. The normalized spacial score (nSPS) is 12.8. The maximum atomic E-state index is 6.50. The Bertz CT molecular complexity index is 532. The molecule has 1 unspecified atom stereocenters. The second-order valence-electron chi connectivity index (χ2n) is 3.61. The summed E-state index contributed by atoms with van der Waals surface area (Å²) in [5.41, 5.74) is 2.24. The van der Waals surface area contributed by atoms with Gasteiger partial charge in [0.25, 0.3) is 0 Å². The van der Waals surface area contributed by atoms with Crippen molar-refractivity contribution in [2.45, 2.75) is 12.3 Å². The fourth-order valence-corrected chi connectivity index (χ4v) is 4.25. The van der Waals surface area contributed by atoms with E-state index in [1.807, 2.05) is 18.2 Å². The van der Waals surface area contributed by atoms with Crippen LogP contribution < -0.4 is 0 Å². The topological polar surface area (TPSA) is 0 Å². The lowest BCUT2D eigenvalue weighted by Crippen LogP contribution is -1.93. The average Bonchev–Trinajstić information content (AvgIpc) is 2.62. The second-order valence-corrected chi connectivity index (χ2v) is 7.65. The molecule has 1 heterocycles. The highest BCUT2D eigenvalue weighted by Crippen LogP contribution is 2.42. The predicted octanol–water partition coefficient (Wildman–Crippen LogP) is 6.56. The van der Waals surface area contributed by atoms with E-state index in [1.54, 1.807) is 11.3 Å². The highest BCUT2D eigenvalue weighted by molar-refractivity contribution is 9.11. The third-order valence-corrected chi connectivity index (χ3v) is 6.63. The number of benzene rings is 1. The SMILES string of the molecule is Cc1cccc(C(Cl)c2cc(Cl)c(Br)s2)c1Br. The summed E-state index contributed by atoms with van der Waals surface area (Å²) in [4.78, 5) is 1.04. The predicted molar refractivity (Wildman–Crippen MR) is 83.6 cm³/mol. The van der Waals surface area contributed by atoms with E-state index in [-0.39, 0.29) is 5.38 Å². The maximum Gasteiger partial charge on any atom is 0.0939 e. The number of thiophene rings is 1. The standard InChI is InChI=1S/C12H8Br2Cl2S/c1-6-3-2-4-7(10(6)13)11(16)9-5-8(15)12(14)17-9/h2-5,11H,1H3. The zero-order valence-electron chi connectivity index (χ0n) is 8.81. The molecule has 0 nitrogen and oxygen atoms in total. The van der Waals surface area contributed by atoms with Gasteiger partial charge in [0, 0.05) is 9.35 Å². The van der Waals surface area contributed by atoms with Gasteiger partial charge in [0.2, 0.25) is 0 Å². The number of alkyl halides is 1. The Labute approximate surface area is 131 Å². The van der Waals surface area contributed by atoms with E-state index in [0.717, 1.165) is 18.7 Å². The summed E-state index contributed by atoms with van der Waals surface area (Å²) in [6.45, 7) is 2.05. The molecule has 0 aliphatic heterocycles. The first kappa shape index (κ1) is 13.9. The minimum atomic E-state index is -0.182. The van der Waals surface area contributed by atoms with Crippen molar-refractivity contribution in [3.63, 3.8) is 0 Å². The van der Waals surface area contributed by atoms with Gasteiger partial charge in [-0.2, -0.15) is 0 Å². The number of halogens is 4. The van der Waals surface area contributed by atoms with Gasteiger partial charge in [0.05, 0.1) is 14.2 Å². The Morgan fingerprint density at radius 3 is 2.59 bits per heavy atom. The summed E-state index contributed by atoms with van der Waals surface area (Å²) in [6.07, 6.45) is 0. The van der Waals surface area contributed by atoms with Crippen LogP contribution in [0.25, 0.3) is 0 Å². The van der Waals surface area contributed by atoms with Crippen LogP contribution >= 0.6 is 66.4 Å². The van der Waals surface area contributed by atoms with Crippen LogP contribution in [-0.4, -0.2) is 0 Å². The summed E-state index contributed by atoms with van der Waals surface area (Å²) in [5.74, 6) is 0. The molecular weight excluding hydrogens is 407 g/mol. The number of rotatable bonds is 2. The van der Waals surface area contributed by atoms with Crippen LogP contribution in [0.3, 0.4) is 0 Å². The molecule has 0 N–H and O–H groups in total. The molecule has 0 saturated carbocycles. The maximum absolute atomic E-state index is 6.50. The second kappa shape index (κ2) is 5.62. The van der Waals surface area contributed by atoms with E-state index in [2.05, 4.69) is 44.8 Å². The Morgan fingerprint density at radius 2 is 2.00 bits per heavy atom. The number of aryl methyl sites for hydroxylation is 1. The van der Waals surface area contributed by atoms with Gasteiger partial charge in [0.15, 0.2) is 0 Å². The average molecular weight is 415 g/mol. The lowest BCUT2D eigenvalue weighted by Gasteiger charge is -2.11. The van der Waals surface area contributed by atoms with Crippen molar-refractivity contribution in [3.05, 3.63) is 53.6 Å². The summed E-state index contributed by atoms with van der Waals surface area (Å²) in [7, 11) is 0. The molecule has 1 atom stereocenters. The minimum absolute atomic E-state index is 0.182. The quantitative estimate of drug-likeness (QED) is 0.488. The third kappa shape index (κ3) is 2.90. The Morgan fingerprint density at radius 1 is 1.29 bits per heavy atom. The molecule has 5 heteroatoms. The molecule has 1 aromatic carbocycles. The van der Waals surface area contributed by atoms with Crippen LogP contribution in [0, 0.1) is 6.92 Å². The van der Waals surface area contributed by atoms with E-state index < -0.39 is 0 Å². The summed E-state index contributed by atoms with van der Waals surface area (Å²) in [5, 5.41) is 0.525. The first-order chi connectivity index (χ1) is 8.00. The van der Waals surface area contributed by atoms with E-state index in [9.17, 15) is 0 Å². The molecule has 1 aromatic heterocycles. The van der Waals surface area contributed by atoms with Crippen LogP contribution in [0.5, 0.6) is 0 Å². The molecular formula is C12H8Br2Cl2S. The van der Waals surface area contributed by atoms with Gasteiger partial charge in [-0.3, -0.25) is 0 Å². The largest absolute Gasteiger partial charge is 0.130 e. The monoisotopic (exact) mass is 412 g/mol. The zero-order valence-corrected chi connectivity index (χ0v) is 14.3. The van der Waals surface area contributed by atoms with E-state index in [1.165, 1.54) is 5.56 Å².